The van der Waals surface area contributed by atoms with Crippen molar-refractivity contribution in [3.63, 3.8) is 0 Å². The Morgan fingerprint density at radius 2 is 1.76 bits per heavy atom. The number of amides is 1. The Kier molecular flexibility index (Phi) is 4.99. The number of ketones is 1. The molecule has 0 radical (unpaired) electrons. The number of hydrogen-bond acceptors (Lipinski definition) is 3. The fourth-order valence-electron chi connectivity index (χ4n) is 1.97. The number of anilines is 1. The molecule has 0 saturated heterocycles. The molecule has 0 atom stereocenters. The van der Waals surface area contributed by atoms with Gasteiger partial charge in [0.2, 0.25) is 5.91 Å². The third kappa shape index (κ3) is 4.69. The average molecular weight is 281 g/mol. The van der Waals surface area contributed by atoms with E-state index in [4.69, 9.17) is 0 Å². The summed E-state index contributed by atoms with van der Waals surface area (Å²) in [6.07, 6.45) is 0.695. The zero-order chi connectivity index (χ0) is 15.1. The molecule has 0 spiro atoms. The monoisotopic (exact) mass is 281 g/mol. The minimum absolute atomic E-state index is 0.143. The van der Waals surface area contributed by atoms with Crippen molar-refractivity contribution in [3.05, 3.63) is 65.7 Å². The Hall–Kier alpha value is -2.75. The van der Waals surface area contributed by atoms with Crippen LogP contribution in [0.25, 0.3) is 0 Å². The van der Waals surface area contributed by atoms with Crippen molar-refractivity contribution in [2.45, 2.75) is 12.8 Å². The van der Waals surface area contributed by atoms with Gasteiger partial charge in [0.05, 0.1) is 6.42 Å². The van der Waals surface area contributed by atoms with Gasteiger partial charge in [0.15, 0.2) is 0 Å². The van der Waals surface area contributed by atoms with Crippen LogP contribution in [0.15, 0.2) is 54.6 Å². The van der Waals surface area contributed by atoms with Crippen LogP contribution in [0.1, 0.15) is 22.3 Å². The number of Topliss-reactive ketones (excluding diaryl/α,β-unsaturated/α-hetero) is 1. The fourth-order valence-corrected chi connectivity index (χ4v) is 1.97. The van der Waals surface area contributed by atoms with E-state index in [-0.39, 0.29) is 24.5 Å². The van der Waals surface area contributed by atoms with Gasteiger partial charge in [-0.2, -0.15) is 0 Å². The quantitative estimate of drug-likeness (QED) is 0.654. The van der Waals surface area contributed by atoms with E-state index in [1.54, 1.807) is 36.4 Å². The Balaban J connectivity index is 1.89. The maximum Gasteiger partial charge on any atom is 0.231 e. The first-order valence-electron chi connectivity index (χ1n) is 6.58. The van der Waals surface area contributed by atoms with Gasteiger partial charge in [0, 0.05) is 17.7 Å². The first kappa shape index (κ1) is 14.7. The van der Waals surface area contributed by atoms with Crippen molar-refractivity contribution in [3.8, 4) is 0 Å². The summed E-state index contributed by atoms with van der Waals surface area (Å²) in [6.45, 7) is 0. The van der Waals surface area contributed by atoms with Crippen molar-refractivity contribution in [2.75, 3.05) is 5.32 Å². The van der Waals surface area contributed by atoms with Crippen LogP contribution in [-0.4, -0.2) is 18.0 Å². The van der Waals surface area contributed by atoms with Crippen LogP contribution in [0.3, 0.4) is 0 Å². The first-order valence-corrected chi connectivity index (χ1v) is 6.58. The maximum atomic E-state index is 11.9. The molecule has 0 fully saturated rings. The molecule has 2 aromatic carbocycles. The molecule has 0 saturated carbocycles. The molecule has 0 heterocycles. The fraction of sp³-hybridized carbons (Fsp3) is 0.118. The highest BCUT2D eigenvalue weighted by Crippen LogP contribution is 2.08. The van der Waals surface area contributed by atoms with Gasteiger partial charge in [0.1, 0.15) is 12.1 Å². The standard InChI is InChI=1S/C17H15NO3/c19-12-14-6-4-5-13(9-14)10-16(20)11-17(21)18-15-7-2-1-3-8-15/h1-9,12H,10-11H2,(H,18,21). The molecule has 0 aromatic heterocycles. The van der Waals surface area contributed by atoms with E-state index in [0.29, 0.717) is 11.3 Å². The molecule has 0 aliphatic heterocycles. The van der Waals surface area contributed by atoms with Gasteiger partial charge in [-0.1, -0.05) is 36.4 Å². The number of nitrogens with one attached hydrogen (secondary N) is 1. The molecule has 106 valence electrons. The molecule has 1 amide bonds. The van der Waals surface area contributed by atoms with Crippen molar-refractivity contribution in [2.24, 2.45) is 0 Å². The highest BCUT2D eigenvalue weighted by atomic mass is 16.2. The third-order valence-electron chi connectivity index (χ3n) is 2.90. The summed E-state index contributed by atoms with van der Waals surface area (Å²) < 4.78 is 0. The number of rotatable bonds is 6. The molecule has 1 N–H and O–H groups in total. The zero-order valence-corrected chi connectivity index (χ0v) is 11.4. The van der Waals surface area contributed by atoms with E-state index in [1.807, 2.05) is 18.2 Å². The highest BCUT2D eigenvalue weighted by Gasteiger charge is 2.10. The molecule has 0 aliphatic rings. The van der Waals surface area contributed by atoms with E-state index in [9.17, 15) is 14.4 Å². The van der Waals surface area contributed by atoms with Crippen molar-refractivity contribution in [1.82, 2.24) is 0 Å². The number of carbonyl (C=O) groups excluding carboxylic acids is 3. The van der Waals surface area contributed by atoms with Gasteiger partial charge in [-0.05, 0) is 23.8 Å². The van der Waals surface area contributed by atoms with E-state index < -0.39 is 0 Å². The van der Waals surface area contributed by atoms with Gasteiger partial charge in [-0.15, -0.1) is 0 Å². The predicted molar refractivity (Wildman–Crippen MR) is 80.2 cm³/mol. The van der Waals surface area contributed by atoms with Crippen molar-refractivity contribution < 1.29 is 14.4 Å². The lowest BCUT2D eigenvalue weighted by Gasteiger charge is -2.05. The Morgan fingerprint density at radius 3 is 2.48 bits per heavy atom. The zero-order valence-electron chi connectivity index (χ0n) is 11.4. The molecule has 21 heavy (non-hydrogen) atoms. The lowest BCUT2D eigenvalue weighted by Crippen LogP contribution is -2.17. The van der Waals surface area contributed by atoms with E-state index in [2.05, 4.69) is 5.32 Å². The third-order valence-corrected chi connectivity index (χ3v) is 2.90. The normalized spacial score (nSPS) is 9.90. The Labute approximate surface area is 122 Å². The summed E-state index contributed by atoms with van der Waals surface area (Å²) in [4.78, 5) is 34.3. The Bertz CT molecular complexity index is 650. The maximum absolute atomic E-state index is 11.9. The second-order valence-corrected chi connectivity index (χ2v) is 4.67. The highest BCUT2D eigenvalue weighted by molar-refractivity contribution is 6.04. The summed E-state index contributed by atoms with van der Waals surface area (Å²) >= 11 is 0. The number of benzene rings is 2. The van der Waals surface area contributed by atoms with Crippen LogP contribution in [0.5, 0.6) is 0 Å². The second-order valence-electron chi connectivity index (χ2n) is 4.67. The molecule has 0 unspecified atom stereocenters. The number of hydrogen-bond donors (Lipinski definition) is 1. The largest absolute Gasteiger partial charge is 0.326 e. The topological polar surface area (TPSA) is 63.2 Å². The molecular weight excluding hydrogens is 266 g/mol. The summed E-state index contributed by atoms with van der Waals surface area (Å²) in [7, 11) is 0. The van der Waals surface area contributed by atoms with Crippen LogP contribution in [0.4, 0.5) is 5.69 Å². The van der Waals surface area contributed by atoms with Crippen LogP contribution in [-0.2, 0) is 16.0 Å². The molecule has 0 aliphatic carbocycles. The van der Waals surface area contributed by atoms with Crippen LogP contribution in [0, 0.1) is 0 Å². The smallest absolute Gasteiger partial charge is 0.231 e. The van der Waals surface area contributed by atoms with Gasteiger partial charge in [-0.3, -0.25) is 14.4 Å². The van der Waals surface area contributed by atoms with Gasteiger partial charge in [-0.25, -0.2) is 0 Å². The van der Waals surface area contributed by atoms with E-state index in [0.717, 1.165) is 11.8 Å². The minimum atomic E-state index is -0.335. The first-order chi connectivity index (χ1) is 10.2. The lowest BCUT2D eigenvalue weighted by molar-refractivity contribution is -0.125. The second kappa shape index (κ2) is 7.14. The molecule has 4 nitrogen and oxygen atoms in total. The van der Waals surface area contributed by atoms with Gasteiger partial charge < -0.3 is 5.32 Å². The van der Waals surface area contributed by atoms with Gasteiger partial charge >= 0.3 is 0 Å². The number of para-hydroxylation sites is 1. The summed E-state index contributed by atoms with van der Waals surface area (Å²) in [5, 5.41) is 2.67. The molecule has 0 bridgehead atoms. The summed E-state index contributed by atoms with van der Waals surface area (Å²) in [6, 6.07) is 15.8. The van der Waals surface area contributed by atoms with Crippen LogP contribution >= 0.6 is 0 Å². The van der Waals surface area contributed by atoms with E-state index in [1.165, 1.54) is 0 Å². The number of aldehydes is 1. The van der Waals surface area contributed by atoms with Crippen LogP contribution < -0.4 is 5.32 Å². The van der Waals surface area contributed by atoms with E-state index >= 15 is 0 Å². The lowest BCUT2D eigenvalue weighted by atomic mass is 10.0. The molecular formula is C17H15NO3. The molecule has 4 heteroatoms. The number of carbonyl (C=O) groups is 3. The van der Waals surface area contributed by atoms with Crippen molar-refractivity contribution in [1.29, 1.82) is 0 Å². The Morgan fingerprint density at radius 1 is 1.00 bits per heavy atom. The van der Waals surface area contributed by atoms with Gasteiger partial charge in [0.25, 0.3) is 0 Å². The SMILES string of the molecule is O=Cc1cccc(CC(=O)CC(=O)Nc2ccccc2)c1. The predicted octanol–water partition coefficient (Wildman–Crippen LogP) is 2.64. The summed E-state index contributed by atoms with van der Waals surface area (Å²) in [5.74, 6) is -0.524. The average Bonchev–Trinajstić information content (AvgIpc) is 2.48. The molecule has 2 aromatic rings. The van der Waals surface area contributed by atoms with Crippen molar-refractivity contribution >= 4 is 23.7 Å². The minimum Gasteiger partial charge on any atom is -0.326 e. The van der Waals surface area contributed by atoms with Crippen LogP contribution in [0.2, 0.25) is 0 Å². The summed E-state index contributed by atoms with van der Waals surface area (Å²) in [5.41, 5.74) is 1.92. The molecule has 2 rings (SSSR count).